The van der Waals surface area contributed by atoms with Crippen molar-refractivity contribution in [1.82, 2.24) is 14.7 Å². The number of benzene rings is 1. The molecular weight excluding hydrogens is 345 g/mol. The third-order valence-electron chi connectivity index (χ3n) is 5.44. The molecule has 3 heterocycles. The molecule has 2 aromatic rings. The zero-order valence-corrected chi connectivity index (χ0v) is 15.8. The van der Waals surface area contributed by atoms with Crippen molar-refractivity contribution in [3.8, 4) is 0 Å². The molecular formula is C20H26FN5O. The Morgan fingerprint density at radius 2 is 2.26 bits per heavy atom. The first-order chi connectivity index (χ1) is 12.9. The molecule has 0 amide bonds. The third kappa shape index (κ3) is 3.32. The second kappa shape index (κ2) is 6.96. The van der Waals surface area contributed by atoms with Crippen LogP contribution >= 0.6 is 0 Å². The number of nitrogens with zero attached hydrogens (tertiary/aromatic N) is 3. The summed E-state index contributed by atoms with van der Waals surface area (Å²) in [6.45, 7) is 7.62. The number of aromatic nitrogens is 2. The van der Waals surface area contributed by atoms with Crippen LogP contribution in [0.15, 0.2) is 18.2 Å². The normalized spacial score (nSPS) is 19.5. The van der Waals surface area contributed by atoms with Crippen LogP contribution < -0.4 is 11.1 Å². The van der Waals surface area contributed by atoms with E-state index in [-0.39, 0.29) is 11.7 Å². The van der Waals surface area contributed by atoms with Crippen molar-refractivity contribution in [2.75, 3.05) is 30.7 Å². The van der Waals surface area contributed by atoms with Crippen molar-refractivity contribution in [1.29, 1.82) is 0 Å². The highest BCUT2D eigenvalue weighted by atomic mass is 19.1. The molecule has 3 N–H and O–H groups in total. The molecule has 144 valence electrons. The van der Waals surface area contributed by atoms with E-state index in [4.69, 9.17) is 5.73 Å². The second-order valence-corrected chi connectivity index (χ2v) is 7.94. The Morgan fingerprint density at radius 3 is 3.04 bits per heavy atom. The Bertz CT molecular complexity index is 875. The fraction of sp³-hybridized carbons (Fsp3) is 0.500. The van der Waals surface area contributed by atoms with E-state index in [0.29, 0.717) is 36.8 Å². The van der Waals surface area contributed by atoms with Crippen LogP contribution in [-0.2, 0) is 13.0 Å². The van der Waals surface area contributed by atoms with Gasteiger partial charge in [0.05, 0.1) is 11.6 Å². The molecule has 0 saturated carbocycles. The zero-order chi connectivity index (χ0) is 19.1. The van der Waals surface area contributed by atoms with Crippen LogP contribution in [0.1, 0.15) is 47.8 Å². The Labute approximate surface area is 158 Å². The van der Waals surface area contributed by atoms with Crippen molar-refractivity contribution in [2.24, 2.45) is 5.92 Å². The summed E-state index contributed by atoms with van der Waals surface area (Å²) in [4.78, 5) is 15.7. The molecule has 2 aliphatic heterocycles. The predicted molar refractivity (Wildman–Crippen MR) is 103 cm³/mol. The summed E-state index contributed by atoms with van der Waals surface area (Å²) in [6.07, 6.45) is 1.41. The lowest BCUT2D eigenvalue weighted by Gasteiger charge is -2.30. The van der Waals surface area contributed by atoms with Gasteiger partial charge in [-0.1, -0.05) is 13.8 Å². The molecule has 2 aliphatic rings. The van der Waals surface area contributed by atoms with Gasteiger partial charge >= 0.3 is 0 Å². The van der Waals surface area contributed by atoms with Gasteiger partial charge < -0.3 is 11.1 Å². The number of hydrogen-bond donors (Lipinski definition) is 2. The van der Waals surface area contributed by atoms with Crippen molar-refractivity contribution in [3.63, 3.8) is 0 Å². The summed E-state index contributed by atoms with van der Waals surface area (Å²) in [5.41, 5.74) is 9.51. The lowest BCUT2D eigenvalue weighted by atomic mass is 9.90. The summed E-state index contributed by atoms with van der Waals surface area (Å²) >= 11 is 0. The van der Waals surface area contributed by atoms with E-state index in [1.54, 1.807) is 6.07 Å². The van der Waals surface area contributed by atoms with Gasteiger partial charge in [0.1, 0.15) is 11.6 Å². The van der Waals surface area contributed by atoms with Crippen LogP contribution in [0, 0.1) is 11.7 Å². The first kappa shape index (κ1) is 18.0. The van der Waals surface area contributed by atoms with E-state index in [1.807, 2.05) is 0 Å². The predicted octanol–water partition coefficient (Wildman–Crippen LogP) is 2.86. The molecule has 4 rings (SSSR count). The van der Waals surface area contributed by atoms with E-state index in [0.717, 1.165) is 36.5 Å². The van der Waals surface area contributed by atoms with Crippen LogP contribution in [0.4, 0.5) is 15.9 Å². The molecule has 27 heavy (non-hydrogen) atoms. The first-order valence-electron chi connectivity index (χ1n) is 9.60. The van der Waals surface area contributed by atoms with Crippen molar-refractivity contribution < 1.29 is 9.18 Å². The molecule has 1 aromatic carbocycles. The van der Waals surface area contributed by atoms with Gasteiger partial charge in [0.25, 0.3) is 5.91 Å². The maximum Gasteiger partial charge on any atom is 0.254 e. The molecule has 1 unspecified atom stereocenters. The van der Waals surface area contributed by atoms with Gasteiger partial charge in [-0.3, -0.25) is 9.69 Å². The Balaban J connectivity index is 1.68. The molecule has 0 bridgehead atoms. The third-order valence-corrected chi connectivity index (χ3v) is 5.44. The number of carbonyl (C=O) groups is 1. The Kier molecular flexibility index (Phi) is 4.63. The van der Waals surface area contributed by atoms with Gasteiger partial charge in [-0.25, -0.2) is 9.07 Å². The number of anilines is 2. The van der Waals surface area contributed by atoms with Gasteiger partial charge in [0, 0.05) is 37.4 Å². The summed E-state index contributed by atoms with van der Waals surface area (Å²) in [7, 11) is 0. The number of rotatable bonds is 3. The maximum absolute atomic E-state index is 13.8. The molecule has 1 atom stereocenters. The fourth-order valence-electron chi connectivity index (χ4n) is 4.25. The molecule has 1 aromatic heterocycles. The molecule has 0 spiro atoms. The van der Waals surface area contributed by atoms with Crippen LogP contribution in [0.3, 0.4) is 0 Å². The van der Waals surface area contributed by atoms with Crippen LogP contribution in [-0.4, -0.2) is 40.2 Å². The first-order valence-corrected chi connectivity index (χ1v) is 9.60. The number of halogens is 1. The standard InChI is InChI=1S/C20H26FN5O/c1-12(2)10-25-8-6-15-18(11-25)26(24-19(15)22)20(27)14-5-7-23-17-4-3-13(21)9-16(14)17/h3-4,9,12,14,23H,5-8,10-11H2,1-2H3,(H2,22,24). The number of nitrogen functional groups attached to an aromatic ring is 1. The number of hydrogen-bond acceptors (Lipinski definition) is 5. The quantitative estimate of drug-likeness (QED) is 0.868. The molecule has 0 saturated heterocycles. The lowest BCUT2D eigenvalue weighted by Crippen LogP contribution is -2.36. The highest BCUT2D eigenvalue weighted by Crippen LogP contribution is 2.34. The SMILES string of the molecule is CC(C)CN1CCc2c(N)nn(C(=O)C3CCNc4ccc(F)cc43)c2C1. The minimum absolute atomic E-state index is 0.123. The Morgan fingerprint density at radius 1 is 1.44 bits per heavy atom. The van der Waals surface area contributed by atoms with Crippen molar-refractivity contribution in [3.05, 3.63) is 40.8 Å². The monoisotopic (exact) mass is 371 g/mol. The fourth-order valence-corrected chi connectivity index (χ4v) is 4.25. The zero-order valence-electron chi connectivity index (χ0n) is 15.8. The smallest absolute Gasteiger partial charge is 0.254 e. The molecule has 6 nitrogen and oxygen atoms in total. The largest absolute Gasteiger partial charge is 0.385 e. The second-order valence-electron chi connectivity index (χ2n) is 7.94. The maximum atomic E-state index is 13.8. The average Bonchev–Trinajstić information content (AvgIpc) is 2.96. The molecule has 0 fully saturated rings. The summed E-state index contributed by atoms with van der Waals surface area (Å²) < 4.78 is 15.3. The molecule has 0 aliphatic carbocycles. The number of carbonyl (C=O) groups excluding carboxylic acids is 1. The van der Waals surface area contributed by atoms with E-state index < -0.39 is 5.92 Å². The highest BCUT2D eigenvalue weighted by molar-refractivity contribution is 5.89. The van der Waals surface area contributed by atoms with Crippen molar-refractivity contribution in [2.45, 2.75) is 39.2 Å². The van der Waals surface area contributed by atoms with Gasteiger partial charge in [0.15, 0.2) is 0 Å². The van der Waals surface area contributed by atoms with Gasteiger partial charge in [-0.15, -0.1) is 5.10 Å². The van der Waals surface area contributed by atoms with E-state index >= 15 is 0 Å². The minimum atomic E-state index is -0.416. The van der Waals surface area contributed by atoms with Gasteiger partial charge in [-0.05, 0) is 42.5 Å². The lowest BCUT2D eigenvalue weighted by molar-refractivity contribution is 0.0846. The van der Waals surface area contributed by atoms with E-state index in [1.165, 1.54) is 16.8 Å². The summed E-state index contributed by atoms with van der Waals surface area (Å²) in [5.74, 6) is 0.120. The van der Waals surface area contributed by atoms with Crippen molar-refractivity contribution >= 4 is 17.4 Å². The van der Waals surface area contributed by atoms with Crippen LogP contribution in [0.5, 0.6) is 0 Å². The Hall–Kier alpha value is -2.41. The number of nitrogens with one attached hydrogen (secondary N) is 1. The molecule has 7 heteroatoms. The van der Waals surface area contributed by atoms with E-state index in [2.05, 4.69) is 29.2 Å². The highest BCUT2D eigenvalue weighted by Gasteiger charge is 2.33. The van der Waals surface area contributed by atoms with Crippen LogP contribution in [0.25, 0.3) is 0 Å². The van der Waals surface area contributed by atoms with E-state index in [9.17, 15) is 9.18 Å². The van der Waals surface area contributed by atoms with Gasteiger partial charge in [0.2, 0.25) is 0 Å². The van der Waals surface area contributed by atoms with Crippen LogP contribution in [0.2, 0.25) is 0 Å². The number of nitrogens with two attached hydrogens (primary N) is 1. The topological polar surface area (TPSA) is 76.2 Å². The molecule has 0 radical (unpaired) electrons. The summed E-state index contributed by atoms with van der Waals surface area (Å²) in [5, 5.41) is 7.62. The van der Waals surface area contributed by atoms with Gasteiger partial charge in [-0.2, -0.15) is 0 Å². The minimum Gasteiger partial charge on any atom is -0.385 e. The number of fused-ring (bicyclic) bond motifs is 2. The summed E-state index contributed by atoms with van der Waals surface area (Å²) in [6, 6.07) is 4.56. The average molecular weight is 371 g/mol.